The molecule has 4 fully saturated rings. The molecule has 6 bridgehead atoms. The number of carbonyl (C=O) groups excluding carboxylic acids is 1. The van der Waals surface area contributed by atoms with Crippen LogP contribution >= 0.6 is 0 Å². The largest absolute Gasteiger partial charge is 0.308 e. The van der Waals surface area contributed by atoms with Gasteiger partial charge in [-0.2, -0.15) is 5.26 Å². The second kappa shape index (κ2) is 10.8. The fourth-order valence-electron chi connectivity index (χ4n) is 17.2. The van der Waals surface area contributed by atoms with Gasteiger partial charge in [0.2, 0.25) is 0 Å². The van der Waals surface area contributed by atoms with Gasteiger partial charge in [-0.05, 0) is 185 Å². The van der Waals surface area contributed by atoms with E-state index in [-0.39, 0.29) is 11.3 Å². The van der Waals surface area contributed by atoms with E-state index in [1.807, 2.05) is 0 Å². The van der Waals surface area contributed by atoms with Gasteiger partial charge in [-0.3, -0.25) is 4.79 Å². The van der Waals surface area contributed by atoms with Gasteiger partial charge in [-0.15, -0.1) is 0 Å². The Labute approximate surface area is 355 Å². The number of aromatic nitrogens is 1. The van der Waals surface area contributed by atoms with Crippen LogP contribution in [0.25, 0.3) is 60.3 Å². The van der Waals surface area contributed by atoms with Gasteiger partial charge in [0.1, 0.15) is 0 Å². The summed E-state index contributed by atoms with van der Waals surface area (Å²) >= 11 is 0. The zero-order valence-corrected chi connectivity index (χ0v) is 34.5. The van der Waals surface area contributed by atoms with Crippen molar-refractivity contribution in [2.75, 3.05) is 0 Å². The van der Waals surface area contributed by atoms with Crippen molar-refractivity contribution in [3.8, 4) is 28.3 Å². The molecule has 18 rings (SSSR count). The van der Waals surface area contributed by atoms with Gasteiger partial charge in [-0.1, -0.05) is 85.6 Å². The lowest BCUT2D eigenvalue weighted by atomic mass is 9.61. The fourth-order valence-corrected chi connectivity index (χ4v) is 17.2. The number of hydrogen-bond donors (Lipinski definition) is 0. The maximum atomic E-state index is 14.9. The van der Waals surface area contributed by atoms with Crippen LogP contribution < -0.4 is 0 Å². The highest BCUT2D eigenvalue weighted by Gasteiger charge is 2.55. The quantitative estimate of drug-likeness (QED) is 0.154. The van der Waals surface area contributed by atoms with Gasteiger partial charge >= 0.3 is 0 Å². The number of Topliss-reactive ketones (excluding diaryl/α,β-unsaturated/α-hetero) is 1. The molecule has 3 nitrogen and oxygen atoms in total. The number of benzene rings is 6. The van der Waals surface area contributed by atoms with Crippen LogP contribution in [-0.4, -0.2) is 10.2 Å². The molecule has 10 aliphatic rings. The minimum Gasteiger partial charge on any atom is -0.308 e. The van der Waals surface area contributed by atoms with Gasteiger partial charge in [0.15, 0.2) is 5.78 Å². The number of ketones is 1. The van der Waals surface area contributed by atoms with E-state index in [9.17, 15) is 10.1 Å². The van der Waals surface area contributed by atoms with E-state index in [2.05, 4.69) is 108 Å². The third-order valence-electron chi connectivity index (χ3n) is 18.9. The Kier molecular flexibility index (Phi) is 5.85. The van der Waals surface area contributed by atoms with E-state index >= 15 is 0 Å². The third-order valence-corrected chi connectivity index (χ3v) is 18.9. The van der Waals surface area contributed by atoms with Gasteiger partial charge in [0, 0.05) is 33.0 Å². The van der Waals surface area contributed by atoms with E-state index in [0.29, 0.717) is 23.5 Å². The summed E-state index contributed by atoms with van der Waals surface area (Å²) in [6.45, 7) is 0. The SMILES string of the molecule is N#Cc1cc2c(c3c1C1CC4CC(C1)CC3C4)c1c3c(cc4c5cc6c(cc5n2c41)C(=O)C1CCC6C2(CCCC2)C1)-c1ccccc1C31c2ccccc2-c2ccccc21. The first kappa shape index (κ1) is 33.0. The van der Waals surface area contributed by atoms with Crippen LogP contribution in [0.3, 0.4) is 0 Å². The molecule has 8 aromatic rings. The number of rotatable bonds is 0. The molecule has 61 heavy (non-hydrogen) atoms. The summed E-state index contributed by atoms with van der Waals surface area (Å²) in [6, 6.07) is 40.5. The number of carbonyl (C=O) groups is 1. The van der Waals surface area contributed by atoms with Crippen molar-refractivity contribution >= 4 is 43.9 Å². The smallest absolute Gasteiger partial charge is 0.166 e. The molecular formula is C58H46N2O. The highest BCUT2D eigenvalue weighted by atomic mass is 16.1. The summed E-state index contributed by atoms with van der Waals surface area (Å²) in [5.41, 5.74) is 20.5. The van der Waals surface area contributed by atoms with Gasteiger partial charge < -0.3 is 4.40 Å². The first-order chi connectivity index (χ1) is 30.1. The van der Waals surface area contributed by atoms with Crippen LogP contribution in [0.15, 0.2) is 97.1 Å². The molecule has 0 N–H and O–H groups in total. The van der Waals surface area contributed by atoms with Crippen LogP contribution in [0.1, 0.15) is 150 Å². The molecule has 4 unspecified atom stereocenters. The molecule has 0 radical (unpaired) electrons. The van der Waals surface area contributed by atoms with E-state index in [1.54, 1.807) is 0 Å². The lowest BCUT2D eigenvalue weighted by molar-refractivity contribution is 0.0759. The maximum Gasteiger partial charge on any atom is 0.166 e. The van der Waals surface area contributed by atoms with Gasteiger partial charge in [0.05, 0.1) is 33.6 Å². The molecule has 4 saturated carbocycles. The number of nitriles is 1. The van der Waals surface area contributed by atoms with Gasteiger partial charge in [0.25, 0.3) is 0 Å². The molecular weight excluding hydrogens is 741 g/mol. The average molecular weight is 787 g/mol. The molecule has 2 spiro atoms. The Bertz CT molecular complexity index is 3360. The standard InChI is InChI=1S/C58H46N2O/c59-29-35-24-49-52(51-34-22-30-19-31(23-34)21-33(20-30)50(35)51)53-54-41(38-11-3-6-14-47(38)58(54)45-12-4-1-9-36(45)37-10-2-5-13-46(37)58)26-42-40-25-39-43(27-48(40)60(49)55(42)53)56(61)32-15-16-44(39)57(28-32)17-7-8-18-57/h1-6,9-14,24-27,30-34,44H,7-8,15-23,28H2. The van der Waals surface area contributed by atoms with Crippen LogP contribution in [0.4, 0.5) is 0 Å². The van der Waals surface area contributed by atoms with Crippen molar-refractivity contribution < 1.29 is 4.79 Å². The van der Waals surface area contributed by atoms with Crippen molar-refractivity contribution in [2.45, 2.75) is 100 Å². The zero-order chi connectivity index (χ0) is 39.7. The van der Waals surface area contributed by atoms with Crippen LogP contribution in [0.2, 0.25) is 0 Å². The molecule has 10 aliphatic carbocycles. The van der Waals surface area contributed by atoms with Crippen LogP contribution in [0, 0.1) is 34.5 Å². The third kappa shape index (κ3) is 3.63. The van der Waals surface area contributed by atoms with Crippen LogP contribution in [0.5, 0.6) is 0 Å². The maximum absolute atomic E-state index is 14.9. The molecule has 294 valence electrons. The molecule has 0 aliphatic heterocycles. The zero-order valence-electron chi connectivity index (χ0n) is 34.5. The van der Waals surface area contributed by atoms with Crippen LogP contribution in [-0.2, 0) is 5.41 Å². The monoisotopic (exact) mass is 786 g/mol. The average Bonchev–Trinajstić information content (AvgIpc) is 4.05. The predicted molar refractivity (Wildman–Crippen MR) is 243 cm³/mol. The molecule has 3 heteroatoms. The summed E-state index contributed by atoms with van der Waals surface area (Å²) in [5, 5.41) is 16.6. The summed E-state index contributed by atoms with van der Waals surface area (Å²) in [6.07, 6.45) is 14.6. The summed E-state index contributed by atoms with van der Waals surface area (Å²) in [4.78, 5) is 14.9. The lowest BCUT2D eigenvalue weighted by Crippen LogP contribution is -2.32. The topological polar surface area (TPSA) is 45.3 Å². The van der Waals surface area contributed by atoms with Crippen molar-refractivity contribution in [2.24, 2.45) is 23.2 Å². The summed E-state index contributed by atoms with van der Waals surface area (Å²) in [5.74, 6) is 3.35. The number of hydrogen-bond acceptors (Lipinski definition) is 2. The Balaban J connectivity index is 1.14. The van der Waals surface area contributed by atoms with E-state index in [0.717, 1.165) is 47.7 Å². The number of nitrogens with zero attached hydrogens (tertiary/aromatic N) is 2. The Hall–Kier alpha value is -5.72. The molecule has 2 aromatic heterocycles. The lowest BCUT2D eigenvalue weighted by Gasteiger charge is -2.42. The number of fused-ring (bicyclic) bond motifs is 18. The minimum absolute atomic E-state index is 0.133. The fraction of sp³-hybridized carbons (Fsp3) is 0.345. The molecule has 4 atom stereocenters. The predicted octanol–water partition coefficient (Wildman–Crippen LogP) is 14.1. The Morgan fingerprint density at radius 2 is 1.25 bits per heavy atom. The van der Waals surface area contributed by atoms with Crippen molar-refractivity contribution in [1.82, 2.24) is 4.40 Å². The molecule has 0 amide bonds. The first-order valence-corrected chi connectivity index (χ1v) is 23.7. The normalized spacial score (nSPS) is 27.5. The highest BCUT2D eigenvalue weighted by Crippen LogP contribution is 2.68. The van der Waals surface area contributed by atoms with E-state index < -0.39 is 5.41 Å². The van der Waals surface area contributed by atoms with Crippen molar-refractivity contribution in [1.29, 1.82) is 5.26 Å². The summed E-state index contributed by atoms with van der Waals surface area (Å²) in [7, 11) is 0. The first-order valence-electron chi connectivity index (χ1n) is 23.7. The molecule has 0 saturated heterocycles. The van der Waals surface area contributed by atoms with Crippen molar-refractivity contribution in [3.05, 3.63) is 147 Å². The Morgan fingerprint density at radius 3 is 1.92 bits per heavy atom. The molecule has 6 aromatic carbocycles. The highest BCUT2D eigenvalue weighted by molar-refractivity contribution is 6.29. The summed E-state index contributed by atoms with van der Waals surface area (Å²) < 4.78 is 2.58. The molecule has 2 heterocycles. The van der Waals surface area contributed by atoms with Gasteiger partial charge in [-0.25, -0.2) is 0 Å². The Morgan fingerprint density at radius 1 is 0.607 bits per heavy atom. The second-order valence-electron chi connectivity index (χ2n) is 21.3. The van der Waals surface area contributed by atoms with E-state index in [1.165, 1.54) is 152 Å². The minimum atomic E-state index is -0.491. The second-order valence-corrected chi connectivity index (χ2v) is 21.3. The van der Waals surface area contributed by atoms with E-state index in [4.69, 9.17) is 0 Å². The van der Waals surface area contributed by atoms with Crippen molar-refractivity contribution in [3.63, 3.8) is 0 Å².